The molecule has 25 heavy (non-hydrogen) atoms. The van der Waals surface area contributed by atoms with Crippen LogP contribution in [0.1, 0.15) is 35.8 Å². The number of nitrogens with zero attached hydrogens (tertiary/aromatic N) is 4. The lowest BCUT2D eigenvalue weighted by molar-refractivity contribution is -0.125. The fourth-order valence-electron chi connectivity index (χ4n) is 3.29. The second-order valence-corrected chi connectivity index (χ2v) is 6.14. The fraction of sp³-hybridized carbons (Fsp3) is 0.444. The largest absolute Gasteiger partial charge is 0.359 e. The molecule has 1 saturated heterocycles. The minimum absolute atomic E-state index is 0.00376. The quantitative estimate of drug-likeness (QED) is 0.912. The van der Waals surface area contributed by atoms with Crippen LogP contribution in [0.5, 0.6) is 0 Å². The number of nitrogens with one attached hydrogen (secondary N) is 1. The van der Waals surface area contributed by atoms with Crippen molar-refractivity contribution in [2.75, 3.05) is 20.1 Å². The van der Waals surface area contributed by atoms with E-state index in [-0.39, 0.29) is 17.7 Å². The van der Waals surface area contributed by atoms with Crippen LogP contribution in [0.4, 0.5) is 0 Å². The number of rotatable bonds is 4. The van der Waals surface area contributed by atoms with E-state index in [4.69, 9.17) is 0 Å². The van der Waals surface area contributed by atoms with Crippen LogP contribution >= 0.6 is 0 Å². The van der Waals surface area contributed by atoms with E-state index >= 15 is 0 Å². The maximum Gasteiger partial charge on any atom is 0.257 e. The molecule has 1 aliphatic heterocycles. The highest BCUT2D eigenvalue weighted by molar-refractivity contribution is 5.95. The Morgan fingerprint density at radius 2 is 2.04 bits per heavy atom. The summed E-state index contributed by atoms with van der Waals surface area (Å²) in [6.07, 6.45) is 5.41. The molecule has 1 N–H and O–H groups in total. The van der Waals surface area contributed by atoms with Crippen molar-refractivity contribution in [1.29, 1.82) is 0 Å². The Morgan fingerprint density at radius 3 is 2.64 bits per heavy atom. The molecule has 7 nitrogen and oxygen atoms in total. The third-order valence-corrected chi connectivity index (χ3v) is 4.70. The number of pyridine rings is 1. The molecule has 1 fully saturated rings. The number of hydrogen-bond donors (Lipinski definition) is 1. The van der Waals surface area contributed by atoms with Crippen LogP contribution in [0.15, 0.2) is 30.6 Å². The zero-order chi connectivity index (χ0) is 17.8. The molecule has 0 aliphatic carbocycles. The van der Waals surface area contributed by atoms with Crippen molar-refractivity contribution < 1.29 is 9.59 Å². The molecular formula is C18H23N5O2. The molecular weight excluding hydrogens is 318 g/mol. The average molecular weight is 341 g/mol. The first-order chi connectivity index (χ1) is 12.2. The zero-order valence-electron chi connectivity index (χ0n) is 14.6. The first kappa shape index (κ1) is 17.1. The van der Waals surface area contributed by atoms with Crippen molar-refractivity contribution in [2.24, 2.45) is 5.92 Å². The van der Waals surface area contributed by atoms with Gasteiger partial charge in [-0.15, -0.1) is 0 Å². The summed E-state index contributed by atoms with van der Waals surface area (Å²) in [4.78, 5) is 30.8. The van der Waals surface area contributed by atoms with E-state index in [0.29, 0.717) is 43.7 Å². The predicted molar refractivity (Wildman–Crippen MR) is 93.4 cm³/mol. The molecule has 0 aromatic carbocycles. The molecule has 7 heteroatoms. The minimum Gasteiger partial charge on any atom is -0.359 e. The Hall–Kier alpha value is -2.70. The second-order valence-electron chi connectivity index (χ2n) is 6.14. The average Bonchev–Trinajstić information content (AvgIpc) is 3.11. The number of piperidine rings is 1. The van der Waals surface area contributed by atoms with Gasteiger partial charge >= 0.3 is 0 Å². The molecule has 2 amide bonds. The maximum atomic E-state index is 12.9. The van der Waals surface area contributed by atoms with Crippen molar-refractivity contribution >= 4 is 11.8 Å². The number of likely N-dealkylation sites (tertiary alicyclic amines) is 1. The third-order valence-electron chi connectivity index (χ3n) is 4.70. The highest BCUT2D eigenvalue weighted by atomic mass is 16.2. The summed E-state index contributed by atoms with van der Waals surface area (Å²) >= 11 is 0. The monoisotopic (exact) mass is 341 g/mol. The summed E-state index contributed by atoms with van der Waals surface area (Å²) in [7, 11) is 1.65. The van der Waals surface area contributed by atoms with E-state index in [1.165, 1.54) is 0 Å². The van der Waals surface area contributed by atoms with Gasteiger partial charge in [0, 0.05) is 32.3 Å². The molecule has 0 saturated carbocycles. The predicted octanol–water partition coefficient (Wildman–Crippen LogP) is 1.43. The van der Waals surface area contributed by atoms with Gasteiger partial charge in [0.15, 0.2) is 5.82 Å². The van der Waals surface area contributed by atoms with Gasteiger partial charge in [-0.1, -0.05) is 13.0 Å². The van der Waals surface area contributed by atoms with Gasteiger partial charge in [0.1, 0.15) is 0 Å². The van der Waals surface area contributed by atoms with Gasteiger partial charge in [0.25, 0.3) is 5.91 Å². The third kappa shape index (κ3) is 3.40. The highest BCUT2D eigenvalue weighted by Gasteiger charge is 2.29. The van der Waals surface area contributed by atoms with E-state index in [1.807, 2.05) is 30.0 Å². The van der Waals surface area contributed by atoms with Gasteiger partial charge in [0.2, 0.25) is 5.91 Å². The van der Waals surface area contributed by atoms with E-state index < -0.39 is 0 Å². The molecule has 1 aliphatic rings. The number of carbonyl (C=O) groups excluding carboxylic acids is 2. The Balaban J connectivity index is 1.77. The van der Waals surface area contributed by atoms with E-state index in [9.17, 15) is 9.59 Å². The van der Waals surface area contributed by atoms with Gasteiger partial charge < -0.3 is 10.2 Å². The van der Waals surface area contributed by atoms with Crippen LogP contribution in [0, 0.1) is 5.92 Å². The van der Waals surface area contributed by atoms with Gasteiger partial charge in [-0.25, -0.2) is 9.67 Å². The van der Waals surface area contributed by atoms with Crippen molar-refractivity contribution in [3.63, 3.8) is 0 Å². The molecule has 132 valence electrons. The van der Waals surface area contributed by atoms with E-state index in [1.54, 1.807) is 24.1 Å². The number of carbonyl (C=O) groups is 2. The number of amides is 2. The van der Waals surface area contributed by atoms with E-state index in [0.717, 1.165) is 5.69 Å². The normalized spacial score (nSPS) is 15.2. The topological polar surface area (TPSA) is 80.1 Å². The van der Waals surface area contributed by atoms with Crippen molar-refractivity contribution in [2.45, 2.75) is 26.2 Å². The van der Waals surface area contributed by atoms with Crippen LogP contribution in [0.25, 0.3) is 5.82 Å². The fourth-order valence-corrected chi connectivity index (χ4v) is 3.29. The molecule has 0 unspecified atom stereocenters. The van der Waals surface area contributed by atoms with Gasteiger partial charge in [-0.2, -0.15) is 5.10 Å². The van der Waals surface area contributed by atoms with Gasteiger partial charge in [-0.3, -0.25) is 9.59 Å². The minimum atomic E-state index is -0.0191. The molecule has 2 aromatic rings. The van der Waals surface area contributed by atoms with Crippen LogP contribution in [-0.2, 0) is 11.2 Å². The zero-order valence-corrected chi connectivity index (χ0v) is 14.6. The Labute approximate surface area is 147 Å². The van der Waals surface area contributed by atoms with Crippen LogP contribution in [0.2, 0.25) is 0 Å². The SMILES string of the molecule is CCc1c(C(=O)N2CCC(C(=O)NC)CC2)cnn1-c1ccccn1. The Bertz CT molecular complexity index is 748. The summed E-state index contributed by atoms with van der Waals surface area (Å²) in [5.41, 5.74) is 1.48. The molecule has 3 heterocycles. The Morgan fingerprint density at radius 1 is 1.28 bits per heavy atom. The maximum absolute atomic E-state index is 12.9. The molecule has 2 aromatic heterocycles. The summed E-state index contributed by atoms with van der Waals surface area (Å²) in [5, 5.41) is 7.06. The summed E-state index contributed by atoms with van der Waals surface area (Å²) in [6, 6.07) is 5.62. The van der Waals surface area contributed by atoms with E-state index in [2.05, 4.69) is 15.4 Å². The first-order valence-electron chi connectivity index (χ1n) is 8.64. The lowest BCUT2D eigenvalue weighted by Crippen LogP contribution is -2.42. The second kappa shape index (κ2) is 7.46. The van der Waals surface area contributed by atoms with Crippen LogP contribution < -0.4 is 5.32 Å². The smallest absolute Gasteiger partial charge is 0.257 e. The summed E-state index contributed by atoms with van der Waals surface area (Å²) in [5.74, 6) is 0.742. The lowest BCUT2D eigenvalue weighted by Gasteiger charge is -2.31. The lowest BCUT2D eigenvalue weighted by atomic mass is 9.95. The first-order valence-corrected chi connectivity index (χ1v) is 8.64. The van der Waals surface area contributed by atoms with Crippen molar-refractivity contribution in [3.05, 3.63) is 41.9 Å². The summed E-state index contributed by atoms with van der Waals surface area (Å²) in [6.45, 7) is 3.19. The molecule has 0 spiro atoms. The van der Waals surface area contributed by atoms with Crippen LogP contribution in [-0.4, -0.2) is 51.6 Å². The molecule has 3 rings (SSSR count). The standard InChI is InChI=1S/C18H23N5O2/c1-3-15-14(12-21-23(15)16-6-4-5-9-20-16)18(25)22-10-7-13(8-11-22)17(24)19-2/h4-6,9,12-13H,3,7-8,10-11H2,1-2H3,(H,19,24). The van der Waals surface area contributed by atoms with Gasteiger partial charge in [0.05, 0.1) is 17.5 Å². The summed E-state index contributed by atoms with van der Waals surface area (Å²) < 4.78 is 1.73. The van der Waals surface area contributed by atoms with Gasteiger partial charge in [-0.05, 0) is 31.4 Å². The number of hydrogen-bond acceptors (Lipinski definition) is 4. The highest BCUT2D eigenvalue weighted by Crippen LogP contribution is 2.21. The molecule has 0 bridgehead atoms. The molecule has 0 atom stereocenters. The molecule has 0 radical (unpaired) electrons. The number of aromatic nitrogens is 3. The Kier molecular flexibility index (Phi) is 5.11. The van der Waals surface area contributed by atoms with Crippen molar-refractivity contribution in [1.82, 2.24) is 25.0 Å². The van der Waals surface area contributed by atoms with Crippen molar-refractivity contribution in [3.8, 4) is 5.82 Å². The van der Waals surface area contributed by atoms with Crippen LogP contribution in [0.3, 0.4) is 0 Å².